The third kappa shape index (κ3) is 3.90. The van der Waals surface area contributed by atoms with E-state index in [9.17, 15) is 9.59 Å². The van der Waals surface area contributed by atoms with Crippen molar-refractivity contribution < 1.29 is 19.1 Å². The van der Waals surface area contributed by atoms with Crippen molar-refractivity contribution in [3.05, 3.63) is 16.3 Å². The molecule has 0 saturated heterocycles. The van der Waals surface area contributed by atoms with E-state index in [-0.39, 0.29) is 12.5 Å². The number of ether oxygens (including phenoxy) is 2. The van der Waals surface area contributed by atoms with Gasteiger partial charge in [-0.3, -0.25) is 9.59 Å². The number of nitrogens with one attached hydrogen (secondary N) is 1. The molecule has 1 aromatic heterocycles. The van der Waals surface area contributed by atoms with Crippen LogP contribution in [-0.4, -0.2) is 38.0 Å². The lowest BCUT2D eigenvalue weighted by molar-refractivity contribution is -0.140. The summed E-state index contributed by atoms with van der Waals surface area (Å²) in [5.74, 6) is -0.251. The van der Waals surface area contributed by atoms with Gasteiger partial charge in [-0.25, -0.2) is 0 Å². The second-order valence-electron chi connectivity index (χ2n) is 3.05. The Labute approximate surface area is 108 Å². The van der Waals surface area contributed by atoms with Gasteiger partial charge in [0, 0.05) is 18.0 Å². The van der Waals surface area contributed by atoms with E-state index in [0.717, 1.165) is 0 Å². The standard InChI is InChI=1S/C10H12ClNO4S/c1-15-6-3-8(17-5-6)9(13)12-4-7(11)10(14)16-2/h3,5,7H,4H2,1-2H3,(H,12,13). The molecule has 0 aliphatic carbocycles. The highest BCUT2D eigenvalue weighted by molar-refractivity contribution is 7.12. The number of esters is 1. The molecule has 0 spiro atoms. The van der Waals surface area contributed by atoms with Gasteiger partial charge in [0.2, 0.25) is 0 Å². The molecule has 1 heterocycles. The van der Waals surface area contributed by atoms with Crippen LogP contribution in [-0.2, 0) is 9.53 Å². The third-order valence-electron chi connectivity index (χ3n) is 1.93. The van der Waals surface area contributed by atoms with Crippen molar-refractivity contribution in [1.82, 2.24) is 5.32 Å². The zero-order valence-corrected chi connectivity index (χ0v) is 10.9. The van der Waals surface area contributed by atoms with Crippen molar-refractivity contribution in [3.8, 4) is 5.75 Å². The number of carbonyl (C=O) groups excluding carboxylic acids is 2. The molecule has 0 bridgehead atoms. The van der Waals surface area contributed by atoms with Gasteiger partial charge in [-0.05, 0) is 0 Å². The number of thiophene rings is 1. The zero-order valence-electron chi connectivity index (χ0n) is 9.36. The van der Waals surface area contributed by atoms with E-state index in [1.165, 1.54) is 25.6 Å². The monoisotopic (exact) mass is 277 g/mol. The molecule has 1 atom stereocenters. The molecular weight excluding hydrogens is 266 g/mol. The number of hydrogen-bond donors (Lipinski definition) is 1. The minimum absolute atomic E-state index is 0.0211. The first kappa shape index (κ1) is 13.8. The number of hydrogen-bond acceptors (Lipinski definition) is 5. The summed E-state index contributed by atoms with van der Waals surface area (Å²) >= 11 is 6.94. The smallest absolute Gasteiger partial charge is 0.325 e. The largest absolute Gasteiger partial charge is 0.496 e. The summed E-state index contributed by atoms with van der Waals surface area (Å²) in [7, 11) is 2.76. The Morgan fingerprint density at radius 1 is 1.53 bits per heavy atom. The molecule has 0 aromatic carbocycles. The molecule has 1 rings (SSSR count). The average molecular weight is 278 g/mol. The van der Waals surface area contributed by atoms with E-state index in [1.807, 2.05) is 0 Å². The summed E-state index contributed by atoms with van der Waals surface area (Å²) in [6.07, 6.45) is 0. The number of amides is 1. The van der Waals surface area contributed by atoms with Gasteiger partial charge in [0.1, 0.15) is 11.1 Å². The summed E-state index contributed by atoms with van der Waals surface area (Å²) in [6.45, 7) is 0.0211. The van der Waals surface area contributed by atoms with Crippen LogP contribution in [0, 0.1) is 0 Å². The Morgan fingerprint density at radius 3 is 2.76 bits per heavy atom. The van der Waals surface area contributed by atoms with E-state index >= 15 is 0 Å². The first-order chi connectivity index (χ1) is 8.08. The SMILES string of the molecule is COC(=O)C(Cl)CNC(=O)c1cc(OC)cs1. The minimum Gasteiger partial charge on any atom is -0.496 e. The summed E-state index contributed by atoms with van der Waals surface area (Å²) in [6, 6.07) is 1.61. The van der Waals surface area contributed by atoms with Crippen LogP contribution in [0.4, 0.5) is 0 Å². The van der Waals surface area contributed by atoms with Gasteiger partial charge in [0.05, 0.1) is 19.1 Å². The fourth-order valence-corrected chi connectivity index (χ4v) is 1.96. The normalized spacial score (nSPS) is 11.7. The quantitative estimate of drug-likeness (QED) is 0.650. The maximum absolute atomic E-state index is 11.6. The molecule has 0 aliphatic heterocycles. The molecule has 1 unspecified atom stereocenters. The van der Waals surface area contributed by atoms with E-state index in [4.69, 9.17) is 16.3 Å². The third-order valence-corrected chi connectivity index (χ3v) is 3.17. The molecular formula is C10H12ClNO4S. The summed E-state index contributed by atoms with van der Waals surface area (Å²) in [5.41, 5.74) is 0. The van der Waals surface area contributed by atoms with Gasteiger partial charge in [0.15, 0.2) is 0 Å². The molecule has 5 nitrogen and oxygen atoms in total. The second-order valence-corrected chi connectivity index (χ2v) is 4.49. The Bertz CT molecular complexity index is 407. The zero-order chi connectivity index (χ0) is 12.8. The molecule has 1 aromatic rings. The molecule has 1 N–H and O–H groups in total. The molecule has 0 fully saturated rings. The van der Waals surface area contributed by atoms with Gasteiger partial charge < -0.3 is 14.8 Å². The first-order valence-electron chi connectivity index (χ1n) is 4.71. The van der Waals surface area contributed by atoms with Crippen molar-refractivity contribution in [2.24, 2.45) is 0 Å². The topological polar surface area (TPSA) is 64.6 Å². The van der Waals surface area contributed by atoms with Crippen LogP contribution in [0.15, 0.2) is 11.4 Å². The molecule has 1 amide bonds. The average Bonchev–Trinajstić information content (AvgIpc) is 2.83. The fourth-order valence-electron chi connectivity index (χ4n) is 1.03. The fraction of sp³-hybridized carbons (Fsp3) is 0.400. The lowest BCUT2D eigenvalue weighted by Gasteiger charge is -2.07. The van der Waals surface area contributed by atoms with Gasteiger partial charge >= 0.3 is 5.97 Å². The second kappa shape index (κ2) is 6.46. The number of halogens is 1. The Kier molecular flexibility index (Phi) is 5.24. The van der Waals surface area contributed by atoms with Crippen LogP contribution in [0.5, 0.6) is 5.75 Å². The van der Waals surface area contributed by atoms with E-state index in [1.54, 1.807) is 11.4 Å². The summed E-state index contributed by atoms with van der Waals surface area (Å²) in [4.78, 5) is 23.1. The number of alkyl halides is 1. The number of methoxy groups -OCH3 is 2. The van der Waals surface area contributed by atoms with E-state index in [2.05, 4.69) is 10.1 Å². The predicted octanol–water partition coefficient (Wildman–Crippen LogP) is 1.27. The van der Waals surface area contributed by atoms with E-state index < -0.39 is 11.3 Å². The maximum Gasteiger partial charge on any atom is 0.325 e. The van der Waals surface area contributed by atoms with Gasteiger partial charge in [-0.15, -0.1) is 22.9 Å². The number of rotatable bonds is 5. The van der Waals surface area contributed by atoms with Crippen LogP contribution in [0.25, 0.3) is 0 Å². The van der Waals surface area contributed by atoms with Gasteiger partial charge in [0.25, 0.3) is 5.91 Å². The maximum atomic E-state index is 11.6. The molecule has 0 saturated carbocycles. The highest BCUT2D eigenvalue weighted by atomic mass is 35.5. The Hall–Kier alpha value is -1.27. The highest BCUT2D eigenvalue weighted by Gasteiger charge is 2.17. The minimum atomic E-state index is -0.884. The summed E-state index contributed by atoms with van der Waals surface area (Å²) in [5, 5.41) is 3.37. The molecule has 7 heteroatoms. The Morgan fingerprint density at radius 2 is 2.24 bits per heavy atom. The molecule has 0 radical (unpaired) electrons. The van der Waals surface area contributed by atoms with Crippen molar-refractivity contribution in [2.75, 3.05) is 20.8 Å². The van der Waals surface area contributed by atoms with Crippen LogP contribution in [0.3, 0.4) is 0 Å². The predicted molar refractivity (Wildman–Crippen MR) is 64.9 cm³/mol. The van der Waals surface area contributed by atoms with Crippen molar-refractivity contribution in [3.63, 3.8) is 0 Å². The number of carbonyl (C=O) groups is 2. The molecule has 17 heavy (non-hydrogen) atoms. The van der Waals surface area contributed by atoms with Crippen LogP contribution in [0.1, 0.15) is 9.67 Å². The first-order valence-corrected chi connectivity index (χ1v) is 6.02. The highest BCUT2D eigenvalue weighted by Crippen LogP contribution is 2.20. The van der Waals surface area contributed by atoms with Crippen molar-refractivity contribution in [1.29, 1.82) is 0 Å². The van der Waals surface area contributed by atoms with Crippen LogP contribution in [0.2, 0.25) is 0 Å². The molecule has 0 aliphatic rings. The van der Waals surface area contributed by atoms with Crippen molar-refractivity contribution in [2.45, 2.75) is 5.38 Å². The van der Waals surface area contributed by atoms with Gasteiger partial charge in [-0.1, -0.05) is 0 Å². The summed E-state index contributed by atoms with van der Waals surface area (Å²) < 4.78 is 9.39. The Balaban J connectivity index is 2.47. The van der Waals surface area contributed by atoms with Crippen LogP contribution < -0.4 is 10.1 Å². The lowest BCUT2D eigenvalue weighted by Crippen LogP contribution is -2.33. The van der Waals surface area contributed by atoms with Crippen LogP contribution >= 0.6 is 22.9 Å². The lowest BCUT2D eigenvalue weighted by atomic mass is 10.4. The van der Waals surface area contributed by atoms with Crippen molar-refractivity contribution >= 4 is 34.8 Å². The van der Waals surface area contributed by atoms with E-state index in [0.29, 0.717) is 10.6 Å². The molecule has 94 valence electrons. The van der Waals surface area contributed by atoms with Gasteiger partial charge in [-0.2, -0.15) is 0 Å².